The first-order valence-corrected chi connectivity index (χ1v) is 9.24. The first-order chi connectivity index (χ1) is 12.8. The van der Waals surface area contributed by atoms with E-state index in [1.807, 2.05) is 37.3 Å². The summed E-state index contributed by atoms with van der Waals surface area (Å²) < 4.78 is 10.9. The second-order valence-corrected chi connectivity index (χ2v) is 7.68. The highest BCUT2D eigenvalue weighted by Gasteiger charge is 2.33. The van der Waals surface area contributed by atoms with E-state index in [0.717, 1.165) is 29.0 Å². The lowest BCUT2D eigenvalue weighted by molar-refractivity contribution is 0.0600. The number of methoxy groups -OCH3 is 1. The Morgan fingerprint density at radius 1 is 1.26 bits per heavy atom. The number of nitrogens with one attached hydrogen (secondary N) is 2. The van der Waals surface area contributed by atoms with Crippen LogP contribution in [0.3, 0.4) is 0 Å². The number of benzene rings is 2. The van der Waals surface area contributed by atoms with Crippen molar-refractivity contribution >= 4 is 29.0 Å². The summed E-state index contributed by atoms with van der Waals surface area (Å²) >= 11 is 5.54. The van der Waals surface area contributed by atoms with Gasteiger partial charge in [-0.15, -0.1) is 0 Å². The first-order valence-electron chi connectivity index (χ1n) is 8.83. The lowest BCUT2D eigenvalue weighted by Gasteiger charge is -2.38. The Balaban J connectivity index is 1.78. The van der Waals surface area contributed by atoms with Crippen molar-refractivity contribution in [1.29, 1.82) is 0 Å². The normalized spacial score (nSPS) is 17.3. The van der Waals surface area contributed by atoms with Gasteiger partial charge in [-0.25, -0.2) is 4.79 Å². The number of carbonyl (C=O) groups excluding carboxylic acids is 1. The summed E-state index contributed by atoms with van der Waals surface area (Å²) in [6.07, 6.45) is 0.785. The van der Waals surface area contributed by atoms with Crippen molar-refractivity contribution in [3.8, 4) is 5.75 Å². The maximum Gasteiger partial charge on any atom is 0.337 e. The van der Waals surface area contributed by atoms with E-state index in [1.54, 1.807) is 12.1 Å². The number of fused-ring (bicyclic) bond motifs is 1. The second kappa shape index (κ2) is 7.56. The Morgan fingerprint density at radius 2 is 2.00 bits per heavy atom. The number of rotatable bonds is 3. The number of ether oxygens (including phenoxy) is 2. The van der Waals surface area contributed by atoms with Crippen LogP contribution in [0.15, 0.2) is 42.5 Å². The van der Waals surface area contributed by atoms with E-state index in [-0.39, 0.29) is 17.6 Å². The van der Waals surface area contributed by atoms with Crippen LogP contribution in [-0.2, 0) is 4.74 Å². The first kappa shape index (κ1) is 19.2. The van der Waals surface area contributed by atoms with Crippen molar-refractivity contribution in [3.63, 3.8) is 0 Å². The highest BCUT2D eigenvalue weighted by atomic mass is 32.1. The van der Waals surface area contributed by atoms with E-state index in [0.29, 0.717) is 10.7 Å². The standard InChI is InChI=1S/C21H24N2O3S/c1-13-9-10-14(19(24)25-4)11-16(13)22-20(27)23-17-12-21(2,3)26-18-8-6-5-7-15(17)18/h5-11,17H,12H2,1-4H3,(H2,22,23,27). The minimum Gasteiger partial charge on any atom is -0.487 e. The quantitative estimate of drug-likeness (QED) is 0.605. The van der Waals surface area contributed by atoms with Crippen LogP contribution in [-0.4, -0.2) is 23.8 Å². The van der Waals surface area contributed by atoms with Crippen LogP contribution < -0.4 is 15.4 Å². The maximum absolute atomic E-state index is 11.8. The predicted molar refractivity (Wildman–Crippen MR) is 110 cm³/mol. The van der Waals surface area contributed by atoms with Crippen molar-refractivity contribution < 1.29 is 14.3 Å². The number of esters is 1. The molecule has 0 amide bonds. The molecule has 3 rings (SSSR count). The molecular formula is C21H24N2O3S. The van der Waals surface area contributed by atoms with Gasteiger partial charge in [-0.1, -0.05) is 24.3 Å². The van der Waals surface area contributed by atoms with Crippen molar-refractivity contribution in [1.82, 2.24) is 5.32 Å². The van der Waals surface area contributed by atoms with Crippen LogP contribution in [0.25, 0.3) is 0 Å². The number of hydrogen-bond acceptors (Lipinski definition) is 4. The largest absolute Gasteiger partial charge is 0.487 e. The van der Waals surface area contributed by atoms with E-state index in [2.05, 4.69) is 24.5 Å². The highest BCUT2D eigenvalue weighted by Crippen LogP contribution is 2.39. The fourth-order valence-corrected chi connectivity index (χ4v) is 3.50. The van der Waals surface area contributed by atoms with Gasteiger partial charge in [0.05, 0.1) is 18.7 Å². The van der Waals surface area contributed by atoms with E-state index >= 15 is 0 Å². The lowest BCUT2D eigenvalue weighted by atomic mass is 9.90. The van der Waals surface area contributed by atoms with Crippen LogP contribution in [0, 0.1) is 6.92 Å². The summed E-state index contributed by atoms with van der Waals surface area (Å²) in [6, 6.07) is 13.4. The molecule has 6 heteroatoms. The number of thiocarbonyl (C=S) groups is 1. The third-order valence-electron chi connectivity index (χ3n) is 4.59. The SMILES string of the molecule is COC(=O)c1ccc(C)c(NC(=S)NC2CC(C)(C)Oc3ccccc32)c1. The molecule has 27 heavy (non-hydrogen) atoms. The molecule has 1 aliphatic heterocycles. The lowest BCUT2D eigenvalue weighted by Crippen LogP contribution is -2.42. The monoisotopic (exact) mass is 384 g/mol. The summed E-state index contributed by atoms with van der Waals surface area (Å²) in [5, 5.41) is 7.10. The fraction of sp³-hybridized carbons (Fsp3) is 0.333. The molecule has 5 nitrogen and oxygen atoms in total. The van der Waals surface area contributed by atoms with Crippen molar-refractivity contribution in [3.05, 3.63) is 59.2 Å². The number of hydrogen-bond donors (Lipinski definition) is 2. The topological polar surface area (TPSA) is 59.6 Å². The Labute approximate surface area is 165 Å². The summed E-state index contributed by atoms with van der Waals surface area (Å²) in [6.45, 7) is 6.09. The summed E-state index contributed by atoms with van der Waals surface area (Å²) in [4.78, 5) is 11.8. The highest BCUT2D eigenvalue weighted by molar-refractivity contribution is 7.80. The van der Waals surface area contributed by atoms with Gasteiger partial charge in [-0.3, -0.25) is 0 Å². The van der Waals surface area contributed by atoms with E-state index in [4.69, 9.17) is 21.7 Å². The molecule has 0 aromatic heterocycles. The van der Waals surface area contributed by atoms with Gasteiger partial charge in [0.2, 0.25) is 0 Å². The van der Waals surface area contributed by atoms with E-state index in [9.17, 15) is 4.79 Å². The van der Waals surface area contributed by atoms with Crippen molar-refractivity contribution in [2.45, 2.75) is 38.8 Å². The zero-order chi connectivity index (χ0) is 19.6. The third-order valence-corrected chi connectivity index (χ3v) is 4.81. The van der Waals surface area contributed by atoms with Crippen LogP contribution >= 0.6 is 12.2 Å². The molecular weight excluding hydrogens is 360 g/mol. The van der Waals surface area contributed by atoms with E-state index < -0.39 is 0 Å². The molecule has 1 aliphatic rings. The molecule has 0 aliphatic carbocycles. The third kappa shape index (κ3) is 4.39. The molecule has 0 spiro atoms. The number of carbonyl (C=O) groups is 1. The molecule has 1 unspecified atom stereocenters. The fourth-order valence-electron chi connectivity index (χ4n) is 3.25. The summed E-state index contributed by atoms with van der Waals surface area (Å²) in [5.74, 6) is 0.495. The summed E-state index contributed by atoms with van der Waals surface area (Å²) in [7, 11) is 1.37. The number of anilines is 1. The Kier molecular flexibility index (Phi) is 5.37. The minimum absolute atomic E-state index is 0.0362. The molecule has 0 bridgehead atoms. The zero-order valence-electron chi connectivity index (χ0n) is 16.0. The van der Waals surface area contributed by atoms with Crippen LogP contribution in [0.2, 0.25) is 0 Å². The molecule has 142 valence electrons. The van der Waals surface area contributed by atoms with E-state index in [1.165, 1.54) is 7.11 Å². The van der Waals surface area contributed by atoms with Gasteiger partial charge in [-0.2, -0.15) is 0 Å². The maximum atomic E-state index is 11.8. The van der Waals surface area contributed by atoms with Gasteiger partial charge in [0.15, 0.2) is 5.11 Å². The van der Waals surface area contributed by atoms with Crippen LogP contribution in [0.1, 0.15) is 47.8 Å². The van der Waals surface area contributed by atoms with Gasteiger partial charge < -0.3 is 20.1 Å². The van der Waals surface area contributed by atoms with Gasteiger partial charge >= 0.3 is 5.97 Å². The Bertz CT molecular complexity index is 879. The zero-order valence-corrected chi connectivity index (χ0v) is 16.8. The predicted octanol–water partition coefficient (Wildman–Crippen LogP) is 4.37. The summed E-state index contributed by atoms with van der Waals surface area (Å²) in [5.41, 5.74) is 3.03. The van der Waals surface area contributed by atoms with Gasteiger partial charge in [0.25, 0.3) is 0 Å². The molecule has 2 N–H and O–H groups in total. The molecule has 1 atom stereocenters. The average molecular weight is 385 g/mol. The Morgan fingerprint density at radius 3 is 2.74 bits per heavy atom. The molecule has 0 radical (unpaired) electrons. The molecule has 2 aromatic rings. The molecule has 1 heterocycles. The molecule has 0 saturated carbocycles. The van der Waals surface area contributed by atoms with Crippen molar-refractivity contribution in [2.75, 3.05) is 12.4 Å². The number of para-hydroxylation sites is 1. The average Bonchev–Trinajstić information content (AvgIpc) is 2.62. The molecule has 0 saturated heterocycles. The van der Waals surface area contributed by atoms with Crippen LogP contribution in [0.4, 0.5) is 5.69 Å². The number of aryl methyl sites for hydroxylation is 1. The smallest absolute Gasteiger partial charge is 0.337 e. The van der Waals surface area contributed by atoms with Crippen molar-refractivity contribution in [2.24, 2.45) is 0 Å². The van der Waals surface area contributed by atoms with Gasteiger partial charge in [0, 0.05) is 17.7 Å². The van der Waals surface area contributed by atoms with Gasteiger partial charge in [0.1, 0.15) is 11.4 Å². The van der Waals surface area contributed by atoms with Crippen LogP contribution in [0.5, 0.6) is 5.75 Å². The second-order valence-electron chi connectivity index (χ2n) is 7.28. The molecule has 2 aromatic carbocycles. The minimum atomic E-state index is -0.378. The molecule has 0 fully saturated rings. The van der Waals surface area contributed by atoms with Gasteiger partial charge in [-0.05, 0) is 56.8 Å². The Hall–Kier alpha value is -2.60.